The molecule has 6 heteroatoms. The number of esters is 1. The van der Waals surface area contributed by atoms with Crippen LogP contribution in [0.25, 0.3) is 0 Å². The third-order valence-electron chi connectivity index (χ3n) is 2.74. The molecule has 0 fully saturated rings. The monoisotopic (exact) mass is 284 g/mol. The SMILES string of the molecule is CCOC(=O)C(O)c1c(COC)cc(OC)cc1OC. The molecule has 20 heavy (non-hydrogen) atoms. The Morgan fingerprint density at radius 1 is 1.25 bits per heavy atom. The number of benzene rings is 1. The summed E-state index contributed by atoms with van der Waals surface area (Å²) in [4.78, 5) is 11.7. The zero-order valence-corrected chi connectivity index (χ0v) is 12.1. The molecule has 0 aliphatic heterocycles. The molecule has 112 valence electrons. The van der Waals surface area contributed by atoms with E-state index >= 15 is 0 Å². The predicted molar refractivity (Wildman–Crippen MR) is 71.9 cm³/mol. The summed E-state index contributed by atoms with van der Waals surface area (Å²) in [6.07, 6.45) is -1.43. The van der Waals surface area contributed by atoms with Crippen molar-refractivity contribution in [3.05, 3.63) is 23.3 Å². The van der Waals surface area contributed by atoms with E-state index in [0.29, 0.717) is 22.6 Å². The van der Waals surface area contributed by atoms with Crippen LogP contribution in [0.1, 0.15) is 24.2 Å². The largest absolute Gasteiger partial charge is 0.497 e. The summed E-state index contributed by atoms with van der Waals surface area (Å²) in [6, 6.07) is 3.28. The van der Waals surface area contributed by atoms with Gasteiger partial charge >= 0.3 is 5.97 Å². The summed E-state index contributed by atoms with van der Waals surface area (Å²) in [5.74, 6) is 0.166. The molecule has 6 nitrogen and oxygen atoms in total. The molecule has 0 radical (unpaired) electrons. The number of carbonyl (C=O) groups is 1. The molecule has 0 aliphatic carbocycles. The molecule has 1 rings (SSSR count). The first-order chi connectivity index (χ1) is 9.58. The standard InChI is InChI=1S/C14H20O6/c1-5-20-14(16)13(15)12-9(8-17-2)6-10(18-3)7-11(12)19-4/h6-7,13,15H,5,8H2,1-4H3. The summed E-state index contributed by atoms with van der Waals surface area (Å²) in [7, 11) is 4.49. The van der Waals surface area contributed by atoms with Crippen molar-refractivity contribution in [1.82, 2.24) is 0 Å². The van der Waals surface area contributed by atoms with E-state index in [1.807, 2.05) is 0 Å². The number of hydrogen-bond acceptors (Lipinski definition) is 6. The first-order valence-corrected chi connectivity index (χ1v) is 6.17. The predicted octanol–water partition coefficient (Wildman–Crippen LogP) is 1.45. The lowest BCUT2D eigenvalue weighted by atomic mass is 10.0. The Hall–Kier alpha value is -1.79. The van der Waals surface area contributed by atoms with Crippen LogP contribution in [0.3, 0.4) is 0 Å². The van der Waals surface area contributed by atoms with Gasteiger partial charge in [0.1, 0.15) is 11.5 Å². The van der Waals surface area contributed by atoms with Crippen molar-refractivity contribution < 1.29 is 28.8 Å². The third kappa shape index (κ3) is 3.61. The normalized spacial score (nSPS) is 11.8. The van der Waals surface area contributed by atoms with Crippen LogP contribution in [0, 0.1) is 0 Å². The van der Waals surface area contributed by atoms with Gasteiger partial charge in [-0.15, -0.1) is 0 Å². The average molecular weight is 284 g/mol. The van der Waals surface area contributed by atoms with Gasteiger partial charge < -0.3 is 24.1 Å². The van der Waals surface area contributed by atoms with Crippen LogP contribution in [0.15, 0.2) is 12.1 Å². The van der Waals surface area contributed by atoms with Crippen molar-refractivity contribution >= 4 is 5.97 Å². The molecule has 1 unspecified atom stereocenters. The van der Waals surface area contributed by atoms with E-state index in [9.17, 15) is 9.90 Å². The second-order valence-corrected chi connectivity index (χ2v) is 3.99. The summed E-state index contributed by atoms with van der Waals surface area (Å²) >= 11 is 0. The van der Waals surface area contributed by atoms with E-state index in [1.165, 1.54) is 21.3 Å². The van der Waals surface area contributed by atoms with Gasteiger partial charge in [-0.1, -0.05) is 0 Å². The quantitative estimate of drug-likeness (QED) is 0.764. The van der Waals surface area contributed by atoms with Gasteiger partial charge in [0.25, 0.3) is 0 Å². The second kappa shape index (κ2) is 7.72. The Labute approximate surface area is 118 Å². The van der Waals surface area contributed by atoms with E-state index < -0.39 is 12.1 Å². The maximum atomic E-state index is 11.7. The Kier molecular flexibility index (Phi) is 6.27. The lowest BCUT2D eigenvalue weighted by Gasteiger charge is -2.19. The molecule has 0 aliphatic rings. The highest BCUT2D eigenvalue weighted by molar-refractivity contribution is 5.78. The zero-order chi connectivity index (χ0) is 15.1. The number of hydrogen-bond donors (Lipinski definition) is 1. The minimum absolute atomic E-state index is 0.188. The smallest absolute Gasteiger partial charge is 0.339 e. The number of methoxy groups -OCH3 is 3. The van der Waals surface area contributed by atoms with Crippen LogP contribution in [0.2, 0.25) is 0 Å². The molecule has 0 heterocycles. The Morgan fingerprint density at radius 3 is 2.45 bits per heavy atom. The molecule has 1 atom stereocenters. The number of aliphatic hydroxyl groups excluding tert-OH is 1. The van der Waals surface area contributed by atoms with E-state index in [0.717, 1.165) is 0 Å². The first-order valence-electron chi connectivity index (χ1n) is 6.17. The van der Waals surface area contributed by atoms with Crippen LogP contribution in [0.5, 0.6) is 11.5 Å². The highest BCUT2D eigenvalue weighted by Gasteiger charge is 2.26. The fourth-order valence-corrected chi connectivity index (χ4v) is 1.87. The highest BCUT2D eigenvalue weighted by atomic mass is 16.5. The van der Waals surface area contributed by atoms with Crippen molar-refractivity contribution in [3.63, 3.8) is 0 Å². The number of aliphatic hydroxyl groups is 1. The molecule has 1 N–H and O–H groups in total. The summed E-state index contributed by atoms with van der Waals surface area (Å²) < 4.78 is 20.3. The fourth-order valence-electron chi connectivity index (χ4n) is 1.87. The Morgan fingerprint density at radius 2 is 1.95 bits per heavy atom. The maximum absolute atomic E-state index is 11.7. The molecule has 0 amide bonds. The van der Waals surface area contributed by atoms with Crippen LogP contribution in [-0.4, -0.2) is 39.0 Å². The van der Waals surface area contributed by atoms with Gasteiger partial charge in [-0.05, 0) is 18.6 Å². The molecule has 1 aromatic rings. The van der Waals surface area contributed by atoms with Crippen molar-refractivity contribution in [2.45, 2.75) is 19.6 Å². The molecule has 1 aromatic carbocycles. The molecular formula is C14H20O6. The average Bonchev–Trinajstić information content (AvgIpc) is 2.46. The molecule has 0 bridgehead atoms. The minimum Gasteiger partial charge on any atom is -0.497 e. The Balaban J connectivity index is 3.29. The van der Waals surface area contributed by atoms with Gasteiger partial charge in [0.05, 0.1) is 27.4 Å². The molecule has 0 aromatic heterocycles. The van der Waals surface area contributed by atoms with E-state index in [-0.39, 0.29) is 13.2 Å². The second-order valence-electron chi connectivity index (χ2n) is 3.99. The topological polar surface area (TPSA) is 74.2 Å². The Bertz CT molecular complexity index is 457. The molecular weight excluding hydrogens is 264 g/mol. The fraction of sp³-hybridized carbons (Fsp3) is 0.500. The van der Waals surface area contributed by atoms with Crippen LogP contribution in [-0.2, 0) is 20.9 Å². The van der Waals surface area contributed by atoms with Gasteiger partial charge in [0.2, 0.25) is 0 Å². The van der Waals surface area contributed by atoms with Crippen molar-refractivity contribution in [3.8, 4) is 11.5 Å². The molecule has 0 saturated carbocycles. The third-order valence-corrected chi connectivity index (χ3v) is 2.74. The van der Waals surface area contributed by atoms with Gasteiger partial charge in [0, 0.05) is 18.7 Å². The number of ether oxygens (including phenoxy) is 4. The van der Waals surface area contributed by atoms with Gasteiger partial charge in [-0.25, -0.2) is 4.79 Å². The van der Waals surface area contributed by atoms with E-state index in [1.54, 1.807) is 19.1 Å². The van der Waals surface area contributed by atoms with Crippen molar-refractivity contribution in [1.29, 1.82) is 0 Å². The number of rotatable bonds is 7. The highest BCUT2D eigenvalue weighted by Crippen LogP contribution is 2.34. The lowest BCUT2D eigenvalue weighted by Crippen LogP contribution is -2.18. The maximum Gasteiger partial charge on any atom is 0.339 e. The minimum atomic E-state index is -1.43. The zero-order valence-electron chi connectivity index (χ0n) is 12.1. The summed E-state index contributed by atoms with van der Waals surface area (Å²) in [5.41, 5.74) is 0.929. The molecule has 0 spiro atoms. The van der Waals surface area contributed by atoms with Gasteiger partial charge in [-0.3, -0.25) is 0 Å². The first kappa shape index (κ1) is 16.3. The van der Waals surface area contributed by atoms with Crippen LogP contribution in [0.4, 0.5) is 0 Å². The van der Waals surface area contributed by atoms with Crippen molar-refractivity contribution in [2.75, 3.05) is 27.9 Å². The van der Waals surface area contributed by atoms with Gasteiger partial charge in [-0.2, -0.15) is 0 Å². The van der Waals surface area contributed by atoms with E-state index in [2.05, 4.69) is 0 Å². The number of carbonyl (C=O) groups excluding carboxylic acids is 1. The van der Waals surface area contributed by atoms with Crippen molar-refractivity contribution in [2.24, 2.45) is 0 Å². The summed E-state index contributed by atoms with van der Waals surface area (Å²) in [5, 5.41) is 10.2. The van der Waals surface area contributed by atoms with Crippen LogP contribution < -0.4 is 9.47 Å². The lowest BCUT2D eigenvalue weighted by molar-refractivity contribution is -0.153. The van der Waals surface area contributed by atoms with Crippen LogP contribution >= 0.6 is 0 Å². The summed E-state index contributed by atoms with van der Waals surface area (Å²) in [6.45, 7) is 2.07. The molecule has 0 saturated heterocycles. The van der Waals surface area contributed by atoms with Gasteiger partial charge in [0.15, 0.2) is 6.10 Å². The van der Waals surface area contributed by atoms with E-state index in [4.69, 9.17) is 18.9 Å².